The standard InChI is InChI=1S/C16H13NO4/c1-12-11-14(8-9-15(12)17(19)20)21-16(18)10-7-13-5-3-2-4-6-13/h2-11H,1H3/b10-7+. The summed E-state index contributed by atoms with van der Waals surface area (Å²) >= 11 is 0. The van der Waals surface area contributed by atoms with Crippen molar-refractivity contribution in [3.05, 3.63) is 75.8 Å². The van der Waals surface area contributed by atoms with E-state index in [1.165, 1.54) is 24.3 Å². The zero-order chi connectivity index (χ0) is 15.2. The molecule has 5 heteroatoms. The highest BCUT2D eigenvalue weighted by molar-refractivity contribution is 5.88. The zero-order valence-electron chi connectivity index (χ0n) is 11.4. The molecule has 0 bridgehead atoms. The molecule has 0 atom stereocenters. The first kappa shape index (κ1) is 14.5. The average molecular weight is 283 g/mol. The summed E-state index contributed by atoms with van der Waals surface area (Å²) in [6.07, 6.45) is 2.95. The van der Waals surface area contributed by atoms with Gasteiger partial charge >= 0.3 is 5.97 Å². The van der Waals surface area contributed by atoms with Gasteiger partial charge in [-0.2, -0.15) is 0 Å². The molecule has 0 aliphatic rings. The second kappa shape index (κ2) is 6.47. The fraction of sp³-hybridized carbons (Fsp3) is 0.0625. The maximum atomic E-state index is 11.7. The van der Waals surface area contributed by atoms with Gasteiger partial charge in [0.25, 0.3) is 5.69 Å². The van der Waals surface area contributed by atoms with Crippen LogP contribution < -0.4 is 4.74 Å². The van der Waals surface area contributed by atoms with Gasteiger partial charge in [-0.05, 0) is 30.7 Å². The molecule has 2 rings (SSSR count). The molecule has 0 saturated carbocycles. The summed E-state index contributed by atoms with van der Waals surface area (Å²) < 4.78 is 5.10. The van der Waals surface area contributed by atoms with E-state index in [-0.39, 0.29) is 11.4 Å². The minimum absolute atomic E-state index is 0.00498. The highest BCUT2D eigenvalue weighted by atomic mass is 16.6. The lowest BCUT2D eigenvalue weighted by atomic mass is 10.2. The van der Waals surface area contributed by atoms with Gasteiger partial charge in [0.05, 0.1) is 4.92 Å². The number of hydrogen-bond acceptors (Lipinski definition) is 4. The zero-order valence-corrected chi connectivity index (χ0v) is 11.4. The van der Waals surface area contributed by atoms with E-state index in [4.69, 9.17) is 4.74 Å². The first-order valence-electron chi connectivity index (χ1n) is 6.26. The van der Waals surface area contributed by atoms with E-state index >= 15 is 0 Å². The van der Waals surface area contributed by atoms with Crippen molar-refractivity contribution in [3.8, 4) is 5.75 Å². The largest absolute Gasteiger partial charge is 0.423 e. The van der Waals surface area contributed by atoms with Crippen LogP contribution in [-0.4, -0.2) is 10.9 Å². The molecule has 0 N–H and O–H groups in total. The molecule has 0 aliphatic heterocycles. The van der Waals surface area contributed by atoms with Crippen molar-refractivity contribution in [1.82, 2.24) is 0 Å². The van der Waals surface area contributed by atoms with Crippen molar-refractivity contribution in [2.75, 3.05) is 0 Å². The lowest BCUT2D eigenvalue weighted by Gasteiger charge is -2.03. The minimum Gasteiger partial charge on any atom is -0.423 e. The monoisotopic (exact) mass is 283 g/mol. The van der Waals surface area contributed by atoms with E-state index < -0.39 is 10.9 Å². The Balaban J connectivity index is 2.05. The van der Waals surface area contributed by atoms with Gasteiger partial charge in [0.2, 0.25) is 0 Å². The van der Waals surface area contributed by atoms with E-state index in [0.717, 1.165) is 5.56 Å². The van der Waals surface area contributed by atoms with Crippen LogP contribution in [-0.2, 0) is 4.79 Å². The van der Waals surface area contributed by atoms with Crippen LogP contribution in [0.25, 0.3) is 6.08 Å². The molecule has 0 fully saturated rings. The first-order valence-corrected chi connectivity index (χ1v) is 6.26. The number of ether oxygens (including phenoxy) is 1. The summed E-state index contributed by atoms with van der Waals surface area (Å²) in [5.41, 5.74) is 1.32. The Bertz CT molecular complexity index is 693. The Hall–Kier alpha value is -2.95. The van der Waals surface area contributed by atoms with E-state index in [1.54, 1.807) is 13.0 Å². The SMILES string of the molecule is Cc1cc(OC(=O)/C=C/c2ccccc2)ccc1[N+](=O)[O-]. The number of aryl methyl sites for hydroxylation is 1. The van der Waals surface area contributed by atoms with Crippen molar-refractivity contribution >= 4 is 17.7 Å². The molecule has 0 aliphatic carbocycles. The predicted molar refractivity (Wildman–Crippen MR) is 78.9 cm³/mol. The summed E-state index contributed by atoms with van der Waals surface area (Å²) in [6.45, 7) is 1.59. The number of carbonyl (C=O) groups is 1. The van der Waals surface area contributed by atoms with Gasteiger partial charge in [-0.15, -0.1) is 0 Å². The van der Waals surface area contributed by atoms with E-state index in [2.05, 4.69) is 0 Å². The average Bonchev–Trinajstić information content (AvgIpc) is 2.46. The van der Waals surface area contributed by atoms with Gasteiger partial charge in [0.1, 0.15) is 5.75 Å². The Morgan fingerprint density at radius 3 is 2.52 bits per heavy atom. The Kier molecular flexibility index (Phi) is 4.46. The Labute approximate surface area is 121 Å². The van der Waals surface area contributed by atoms with E-state index in [0.29, 0.717) is 5.56 Å². The second-order valence-electron chi connectivity index (χ2n) is 4.37. The van der Waals surface area contributed by atoms with Crippen LogP contribution >= 0.6 is 0 Å². The third-order valence-electron chi connectivity index (χ3n) is 2.79. The molecule has 0 radical (unpaired) electrons. The van der Waals surface area contributed by atoms with Crippen LogP contribution in [0.1, 0.15) is 11.1 Å². The molecular weight excluding hydrogens is 270 g/mol. The maximum absolute atomic E-state index is 11.7. The molecule has 0 aromatic heterocycles. The van der Waals surface area contributed by atoms with Crippen molar-refractivity contribution in [2.24, 2.45) is 0 Å². The Morgan fingerprint density at radius 1 is 1.19 bits per heavy atom. The smallest absolute Gasteiger partial charge is 0.336 e. The van der Waals surface area contributed by atoms with Crippen LogP contribution in [0.3, 0.4) is 0 Å². The van der Waals surface area contributed by atoms with Gasteiger partial charge in [-0.25, -0.2) is 4.79 Å². The van der Waals surface area contributed by atoms with Crippen molar-refractivity contribution in [3.63, 3.8) is 0 Å². The lowest BCUT2D eigenvalue weighted by molar-refractivity contribution is -0.385. The fourth-order valence-electron chi connectivity index (χ4n) is 1.77. The van der Waals surface area contributed by atoms with Crippen LogP contribution in [0.5, 0.6) is 5.75 Å². The van der Waals surface area contributed by atoms with E-state index in [9.17, 15) is 14.9 Å². The van der Waals surface area contributed by atoms with Gasteiger partial charge < -0.3 is 4.74 Å². The van der Waals surface area contributed by atoms with Crippen LogP contribution in [0.2, 0.25) is 0 Å². The van der Waals surface area contributed by atoms with Gasteiger partial charge in [-0.1, -0.05) is 30.3 Å². The third kappa shape index (κ3) is 4.01. The molecule has 0 heterocycles. The van der Waals surface area contributed by atoms with Crippen LogP contribution in [0.15, 0.2) is 54.6 Å². The maximum Gasteiger partial charge on any atom is 0.336 e. The van der Waals surface area contributed by atoms with E-state index in [1.807, 2.05) is 30.3 Å². The number of rotatable bonds is 4. The highest BCUT2D eigenvalue weighted by Gasteiger charge is 2.11. The summed E-state index contributed by atoms with van der Waals surface area (Å²) in [4.78, 5) is 21.9. The molecule has 0 amide bonds. The molecule has 5 nitrogen and oxygen atoms in total. The molecule has 0 saturated heterocycles. The normalized spacial score (nSPS) is 10.5. The second-order valence-corrected chi connectivity index (χ2v) is 4.37. The summed E-state index contributed by atoms with van der Waals surface area (Å²) in [6, 6.07) is 13.5. The van der Waals surface area contributed by atoms with Crippen LogP contribution in [0.4, 0.5) is 5.69 Å². The van der Waals surface area contributed by atoms with Gasteiger partial charge in [0, 0.05) is 17.7 Å². The van der Waals surface area contributed by atoms with Gasteiger partial charge in [-0.3, -0.25) is 10.1 Å². The van der Waals surface area contributed by atoms with Crippen molar-refractivity contribution < 1.29 is 14.5 Å². The van der Waals surface area contributed by atoms with Crippen LogP contribution in [0, 0.1) is 17.0 Å². The molecule has 0 spiro atoms. The van der Waals surface area contributed by atoms with Crippen molar-refractivity contribution in [2.45, 2.75) is 6.92 Å². The van der Waals surface area contributed by atoms with Crippen molar-refractivity contribution in [1.29, 1.82) is 0 Å². The van der Waals surface area contributed by atoms with Gasteiger partial charge in [0.15, 0.2) is 0 Å². The quantitative estimate of drug-likeness (QED) is 0.283. The summed E-state index contributed by atoms with van der Waals surface area (Å²) in [5, 5.41) is 10.7. The Morgan fingerprint density at radius 2 is 1.90 bits per heavy atom. The number of hydrogen-bond donors (Lipinski definition) is 0. The molecule has 106 valence electrons. The third-order valence-corrected chi connectivity index (χ3v) is 2.79. The summed E-state index contributed by atoms with van der Waals surface area (Å²) in [5.74, 6) is -0.257. The predicted octanol–water partition coefficient (Wildman–Crippen LogP) is 3.52. The molecular formula is C16H13NO4. The number of nitro benzene ring substituents is 1. The molecule has 2 aromatic rings. The number of carbonyl (C=O) groups excluding carboxylic acids is 1. The minimum atomic E-state index is -0.535. The molecule has 0 unspecified atom stereocenters. The fourth-order valence-corrected chi connectivity index (χ4v) is 1.77. The lowest BCUT2D eigenvalue weighted by Crippen LogP contribution is -2.04. The number of nitrogens with zero attached hydrogens (tertiary/aromatic N) is 1. The topological polar surface area (TPSA) is 69.4 Å². The first-order chi connectivity index (χ1) is 10.1. The summed E-state index contributed by atoms with van der Waals surface area (Å²) in [7, 11) is 0. The highest BCUT2D eigenvalue weighted by Crippen LogP contribution is 2.23. The molecule has 21 heavy (non-hydrogen) atoms. The number of esters is 1. The number of benzene rings is 2. The molecule has 2 aromatic carbocycles. The number of nitro groups is 1.